The average molecular weight is 168 g/mol. The predicted molar refractivity (Wildman–Crippen MR) is 44.5 cm³/mol. The highest BCUT2D eigenvalue weighted by atomic mass is 17.1. The van der Waals surface area contributed by atoms with Gasteiger partial charge in [0, 0.05) is 12.2 Å². The molecule has 1 aromatic carbocycles. The van der Waals surface area contributed by atoms with Crippen LogP contribution in [-0.2, 0) is 9.62 Å². The molecule has 3 heteroatoms. The van der Waals surface area contributed by atoms with E-state index in [4.69, 9.17) is 9.99 Å². The Hall–Kier alpha value is -0.900. The van der Waals surface area contributed by atoms with Crippen molar-refractivity contribution in [3.8, 4) is 0 Å². The van der Waals surface area contributed by atoms with Gasteiger partial charge in [0.15, 0.2) is 0 Å². The summed E-state index contributed by atoms with van der Waals surface area (Å²) in [7, 11) is 0. The van der Waals surface area contributed by atoms with E-state index in [0.717, 1.165) is 5.56 Å². The Morgan fingerprint density at radius 1 is 1.33 bits per heavy atom. The molecule has 3 nitrogen and oxygen atoms in total. The summed E-state index contributed by atoms with van der Waals surface area (Å²) in [4.78, 5) is 4.15. The fourth-order valence-corrected chi connectivity index (χ4v) is 0.949. The summed E-state index contributed by atoms with van der Waals surface area (Å²) in [5.41, 5.74) is 0.807. The molecule has 0 saturated heterocycles. The summed E-state index contributed by atoms with van der Waals surface area (Å²) < 4.78 is 5.10. The van der Waals surface area contributed by atoms with Crippen molar-refractivity contribution in [1.82, 2.24) is 0 Å². The Balaban J connectivity index is 2.66. The lowest BCUT2D eigenvalue weighted by molar-refractivity contribution is -0.350. The number of benzene rings is 1. The molecule has 0 saturated carbocycles. The summed E-state index contributed by atoms with van der Waals surface area (Å²) in [5.74, 6) is 0. The van der Waals surface area contributed by atoms with Crippen LogP contribution in [0.5, 0.6) is 0 Å². The maximum Gasteiger partial charge on any atom is 0.217 e. The van der Waals surface area contributed by atoms with Gasteiger partial charge in [0.1, 0.15) is 0 Å². The summed E-state index contributed by atoms with van der Waals surface area (Å²) in [6.07, 6.45) is -0.670. The molecule has 1 aromatic rings. The summed E-state index contributed by atoms with van der Waals surface area (Å²) in [5, 5.41) is 8.49. The zero-order valence-corrected chi connectivity index (χ0v) is 6.93. The molecule has 1 unspecified atom stereocenters. The number of hydrogen-bond acceptors (Lipinski definition) is 3. The van der Waals surface area contributed by atoms with Gasteiger partial charge in [-0.15, -0.1) is 0 Å². The zero-order valence-electron chi connectivity index (χ0n) is 6.93. The van der Waals surface area contributed by atoms with E-state index in [1.807, 2.05) is 37.3 Å². The molecule has 1 rings (SSSR count). The van der Waals surface area contributed by atoms with Crippen LogP contribution in [0.15, 0.2) is 30.3 Å². The summed E-state index contributed by atoms with van der Waals surface area (Å²) in [6, 6.07) is 9.28. The van der Waals surface area contributed by atoms with E-state index in [9.17, 15) is 0 Å². The van der Waals surface area contributed by atoms with Crippen LogP contribution in [0.25, 0.3) is 0 Å². The first-order valence-electron chi connectivity index (χ1n) is 3.85. The monoisotopic (exact) mass is 168 g/mol. The lowest BCUT2D eigenvalue weighted by Gasteiger charge is -2.12. The normalized spacial score (nSPS) is 12.8. The molecular weight excluding hydrogens is 156 g/mol. The van der Waals surface area contributed by atoms with Gasteiger partial charge in [-0.1, -0.05) is 30.3 Å². The molecule has 0 spiro atoms. The minimum atomic E-state index is -0.670. The Morgan fingerprint density at radius 2 is 2.00 bits per heavy atom. The first-order chi connectivity index (χ1) is 5.88. The SMILES string of the molecule is CCOC(OO)c1ccccc1. The molecule has 0 aliphatic rings. The summed E-state index contributed by atoms with van der Waals surface area (Å²) >= 11 is 0. The molecule has 0 bridgehead atoms. The van der Waals surface area contributed by atoms with E-state index in [-0.39, 0.29) is 0 Å². The van der Waals surface area contributed by atoms with Gasteiger partial charge in [0.2, 0.25) is 6.29 Å². The van der Waals surface area contributed by atoms with Gasteiger partial charge in [0.05, 0.1) is 0 Å². The number of hydrogen-bond donors (Lipinski definition) is 1. The lowest BCUT2D eigenvalue weighted by Crippen LogP contribution is -2.06. The van der Waals surface area contributed by atoms with Gasteiger partial charge in [-0.25, -0.2) is 10.1 Å². The quantitative estimate of drug-likeness (QED) is 0.425. The average Bonchev–Trinajstić information content (AvgIpc) is 2.15. The van der Waals surface area contributed by atoms with Crippen LogP contribution in [0.1, 0.15) is 18.8 Å². The molecule has 0 aliphatic heterocycles. The van der Waals surface area contributed by atoms with Crippen molar-refractivity contribution >= 4 is 0 Å². The molecule has 66 valence electrons. The van der Waals surface area contributed by atoms with E-state index in [0.29, 0.717) is 6.61 Å². The third-order valence-electron chi connectivity index (χ3n) is 1.49. The molecule has 0 heterocycles. The molecule has 12 heavy (non-hydrogen) atoms. The molecule has 0 aromatic heterocycles. The summed E-state index contributed by atoms with van der Waals surface area (Å²) in [6.45, 7) is 2.34. The smallest absolute Gasteiger partial charge is 0.217 e. The predicted octanol–water partition coefficient (Wildman–Crippen LogP) is 2.21. The van der Waals surface area contributed by atoms with Crippen LogP contribution in [-0.4, -0.2) is 11.9 Å². The van der Waals surface area contributed by atoms with Crippen LogP contribution in [0.4, 0.5) is 0 Å². The van der Waals surface area contributed by atoms with Gasteiger partial charge in [-0.05, 0) is 6.92 Å². The lowest BCUT2D eigenvalue weighted by atomic mass is 10.2. The molecular formula is C9H12O3. The fraction of sp³-hybridized carbons (Fsp3) is 0.333. The fourth-order valence-electron chi connectivity index (χ4n) is 0.949. The van der Waals surface area contributed by atoms with Gasteiger partial charge in [-0.2, -0.15) is 0 Å². The van der Waals surface area contributed by atoms with Gasteiger partial charge >= 0.3 is 0 Å². The minimum Gasteiger partial charge on any atom is -0.346 e. The molecule has 0 fully saturated rings. The van der Waals surface area contributed by atoms with Crippen LogP contribution in [0, 0.1) is 0 Å². The van der Waals surface area contributed by atoms with Crippen LogP contribution < -0.4 is 0 Å². The van der Waals surface area contributed by atoms with Crippen molar-refractivity contribution in [2.24, 2.45) is 0 Å². The number of rotatable bonds is 4. The second-order valence-electron chi connectivity index (χ2n) is 2.30. The van der Waals surface area contributed by atoms with Crippen LogP contribution in [0.2, 0.25) is 0 Å². The highest BCUT2D eigenvalue weighted by molar-refractivity contribution is 5.15. The first-order valence-corrected chi connectivity index (χ1v) is 3.85. The Kier molecular flexibility index (Phi) is 3.73. The maximum absolute atomic E-state index is 8.49. The molecule has 1 atom stereocenters. The second-order valence-corrected chi connectivity index (χ2v) is 2.30. The van der Waals surface area contributed by atoms with Crippen molar-refractivity contribution in [1.29, 1.82) is 0 Å². The topological polar surface area (TPSA) is 38.7 Å². The van der Waals surface area contributed by atoms with E-state index < -0.39 is 6.29 Å². The van der Waals surface area contributed by atoms with Gasteiger partial charge in [-0.3, -0.25) is 0 Å². The highest BCUT2D eigenvalue weighted by Gasteiger charge is 2.09. The van der Waals surface area contributed by atoms with E-state index in [2.05, 4.69) is 4.89 Å². The zero-order chi connectivity index (χ0) is 8.81. The number of ether oxygens (including phenoxy) is 1. The van der Waals surface area contributed by atoms with Gasteiger partial charge in [0.25, 0.3) is 0 Å². The Bertz CT molecular complexity index is 210. The first kappa shape index (κ1) is 9.19. The van der Waals surface area contributed by atoms with Crippen LogP contribution in [0.3, 0.4) is 0 Å². The van der Waals surface area contributed by atoms with E-state index >= 15 is 0 Å². The van der Waals surface area contributed by atoms with E-state index in [1.165, 1.54) is 0 Å². The Morgan fingerprint density at radius 3 is 2.50 bits per heavy atom. The largest absolute Gasteiger partial charge is 0.346 e. The van der Waals surface area contributed by atoms with Crippen molar-refractivity contribution in [2.75, 3.05) is 6.61 Å². The standard InChI is InChI=1S/C9H12O3/c1-2-11-9(12-10)8-6-4-3-5-7-8/h3-7,9-10H,2H2,1H3. The highest BCUT2D eigenvalue weighted by Crippen LogP contribution is 2.16. The molecule has 0 radical (unpaired) electrons. The van der Waals surface area contributed by atoms with Crippen molar-refractivity contribution in [3.63, 3.8) is 0 Å². The van der Waals surface area contributed by atoms with Crippen molar-refractivity contribution < 1.29 is 14.9 Å². The Labute approximate surface area is 71.5 Å². The second kappa shape index (κ2) is 4.87. The van der Waals surface area contributed by atoms with Crippen LogP contribution >= 0.6 is 0 Å². The maximum atomic E-state index is 8.49. The third-order valence-corrected chi connectivity index (χ3v) is 1.49. The van der Waals surface area contributed by atoms with Crippen molar-refractivity contribution in [2.45, 2.75) is 13.2 Å². The minimum absolute atomic E-state index is 0.500. The van der Waals surface area contributed by atoms with Gasteiger partial charge < -0.3 is 4.74 Å². The van der Waals surface area contributed by atoms with E-state index in [1.54, 1.807) is 0 Å². The molecule has 0 aliphatic carbocycles. The molecule has 1 N–H and O–H groups in total. The molecule has 0 amide bonds. The third kappa shape index (κ3) is 2.30. The van der Waals surface area contributed by atoms with Crippen molar-refractivity contribution in [3.05, 3.63) is 35.9 Å².